The molecule has 2 aromatic rings. The molecule has 7 nitrogen and oxygen atoms in total. The molecular formula is C14H17N5O2. The number of nitrogens with one attached hydrogen (secondary N) is 1. The molecular weight excluding hydrogens is 270 g/mol. The third kappa shape index (κ3) is 2.59. The van der Waals surface area contributed by atoms with Crippen LogP contribution in [-0.2, 0) is 11.2 Å². The van der Waals surface area contributed by atoms with Crippen molar-refractivity contribution in [2.75, 3.05) is 11.4 Å². The van der Waals surface area contributed by atoms with Gasteiger partial charge in [-0.05, 0) is 31.0 Å². The van der Waals surface area contributed by atoms with Gasteiger partial charge in [0.25, 0.3) is 0 Å². The lowest BCUT2D eigenvalue weighted by Gasteiger charge is -2.25. The monoisotopic (exact) mass is 287 g/mol. The lowest BCUT2D eigenvalue weighted by Crippen LogP contribution is -2.50. The van der Waals surface area contributed by atoms with E-state index in [0.29, 0.717) is 18.8 Å². The molecule has 3 heterocycles. The molecule has 3 amide bonds. The van der Waals surface area contributed by atoms with Crippen LogP contribution in [0.3, 0.4) is 0 Å². The van der Waals surface area contributed by atoms with Crippen molar-refractivity contribution >= 4 is 23.4 Å². The van der Waals surface area contributed by atoms with Gasteiger partial charge in [0.1, 0.15) is 11.5 Å². The van der Waals surface area contributed by atoms with E-state index < -0.39 is 6.03 Å². The second kappa shape index (κ2) is 5.17. The van der Waals surface area contributed by atoms with Gasteiger partial charge in [-0.15, -0.1) is 0 Å². The summed E-state index contributed by atoms with van der Waals surface area (Å²) in [5, 5.41) is 2.31. The number of urea groups is 1. The Morgan fingerprint density at radius 2 is 2.29 bits per heavy atom. The summed E-state index contributed by atoms with van der Waals surface area (Å²) >= 11 is 0. The van der Waals surface area contributed by atoms with Crippen LogP contribution >= 0.6 is 0 Å². The molecule has 110 valence electrons. The number of carbonyl (C=O) groups is 2. The number of imidazole rings is 1. The number of anilines is 1. The molecule has 1 atom stereocenters. The number of hydrogen-bond acceptors (Lipinski definition) is 4. The SMILES string of the molecule is CC(N)Cc1ccn2c(N3CCC(=O)NC3=O)cnc2c1. The van der Waals surface area contributed by atoms with E-state index in [9.17, 15) is 9.59 Å². The van der Waals surface area contributed by atoms with Gasteiger partial charge in [0, 0.05) is 25.2 Å². The second-order valence-corrected chi connectivity index (χ2v) is 5.32. The molecule has 7 heteroatoms. The van der Waals surface area contributed by atoms with E-state index in [1.54, 1.807) is 6.20 Å². The number of pyridine rings is 1. The van der Waals surface area contributed by atoms with Crippen molar-refractivity contribution in [3.63, 3.8) is 0 Å². The first kappa shape index (κ1) is 13.6. The maximum Gasteiger partial charge on any atom is 0.329 e. The minimum atomic E-state index is -0.410. The molecule has 21 heavy (non-hydrogen) atoms. The van der Waals surface area contributed by atoms with Crippen molar-refractivity contribution in [2.24, 2.45) is 5.73 Å². The zero-order chi connectivity index (χ0) is 15.0. The summed E-state index contributed by atoms with van der Waals surface area (Å²) in [4.78, 5) is 29.0. The standard InChI is InChI=1S/C14H17N5O2/c1-9(15)6-10-2-4-18-11(7-10)16-8-13(18)19-5-3-12(20)17-14(19)21/h2,4,7-9H,3,5-6,15H2,1H3,(H,17,20,21). The summed E-state index contributed by atoms with van der Waals surface area (Å²) in [5.41, 5.74) is 7.66. The summed E-state index contributed by atoms with van der Waals surface area (Å²) in [6.07, 6.45) is 4.58. The number of fused-ring (bicyclic) bond motifs is 1. The summed E-state index contributed by atoms with van der Waals surface area (Å²) in [6.45, 7) is 2.32. The summed E-state index contributed by atoms with van der Waals surface area (Å²) < 4.78 is 1.83. The number of carbonyl (C=O) groups excluding carboxylic acids is 2. The number of amides is 3. The van der Waals surface area contributed by atoms with Crippen LogP contribution in [-0.4, -0.2) is 33.9 Å². The molecule has 0 radical (unpaired) electrons. The Labute approximate surface area is 121 Å². The van der Waals surface area contributed by atoms with Crippen molar-refractivity contribution in [3.05, 3.63) is 30.1 Å². The van der Waals surface area contributed by atoms with Crippen molar-refractivity contribution in [1.29, 1.82) is 0 Å². The van der Waals surface area contributed by atoms with Crippen molar-refractivity contribution in [1.82, 2.24) is 14.7 Å². The molecule has 1 fully saturated rings. The van der Waals surface area contributed by atoms with Gasteiger partial charge in [-0.1, -0.05) is 0 Å². The number of imide groups is 1. The third-order valence-electron chi connectivity index (χ3n) is 3.45. The molecule has 0 aromatic carbocycles. The van der Waals surface area contributed by atoms with Crippen LogP contribution < -0.4 is 16.0 Å². The molecule has 0 spiro atoms. The molecule has 0 aliphatic carbocycles. The van der Waals surface area contributed by atoms with E-state index in [2.05, 4.69) is 10.3 Å². The largest absolute Gasteiger partial charge is 0.329 e. The van der Waals surface area contributed by atoms with Crippen LogP contribution in [0.15, 0.2) is 24.5 Å². The predicted molar refractivity (Wildman–Crippen MR) is 78.0 cm³/mol. The van der Waals surface area contributed by atoms with Gasteiger partial charge >= 0.3 is 6.03 Å². The van der Waals surface area contributed by atoms with Crippen LogP contribution in [0, 0.1) is 0 Å². The zero-order valence-corrected chi connectivity index (χ0v) is 11.7. The normalized spacial score (nSPS) is 17.1. The van der Waals surface area contributed by atoms with E-state index in [-0.39, 0.29) is 11.9 Å². The molecule has 0 bridgehead atoms. The van der Waals surface area contributed by atoms with E-state index in [0.717, 1.165) is 17.6 Å². The Bertz CT molecular complexity index is 706. The highest BCUT2D eigenvalue weighted by Crippen LogP contribution is 2.20. The number of nitrogens with zero attached hydrogens (tertiary/aromatic N) is 3. The van der Waals surface area contributed by atoms with E-state index in [1.807, 2.05) is 29.7 Å². The van der Waals surface area contributed by atoms with Crippen LogP contribution in [0.5, 0.6) is 0 Å². The molecule has 2 aromatic heterocycles. The summed E-state index contributed by atoms with van der Waals surface area (Å²) in [5.74, 6) is 0.409. The summed E-state index contributed by atoms with van der Waals surface area (Å²) in [6, 6.07) is 3.60. The van der Waals surface area contributed by atoms with Gasteiger partial charge in [0.05, 0.1) is 6.20 Å². The molecule has 1 unspecified atom stereocenters. The van der Waals surface area contributed by atoms with Crippen LogP contribution in [0.4, 0.5) is 10.6 Å². The number of rotatable bonds is 3. The maximum atomic E-state index is 11.9. The Balaban J connectivity index is 1.93. The van der Waals surface area contributed by atoms with Gasteiger partial charge in [-0.25, -0.2) is 9.78 Å². The highest BCUT2D eigenvalue weighted by Gasteiger charge is 2.26. The topological polar surface area (TPSA) is 92.7 Å². The molecule has 1 aliphatic heterocycles. The van der Waals surface area contributed by atoms with Gasteiger partial charge in [0.2, 0.25) is 5.91 Å². The van der Waals surface area contributed by atoms with Gasteiger partial charge in [-0.3, -0.25) is 19.4 Å². The van der Waals surface area contributed by atoms with Crippen molar-refractivity contribution < 1.29 is 9.59 Å². The first-order valence-corrected chi connectivity index (χ1v) is 6.87. The summed E-state index contributed by atoms with van der Waals surface area (Å²) in [7, 11) is 0. The minimum absolute atomic E-state index is 0.0840. The number of hydrogen-bond donors (Lipinski definition) is 2. The van der Waals surface area contributed by atoms with E-state index >= 15 is 0 Å². The average Bonchev–Trinajstić information content (AvgIpc) is 2.81. The van der Waals surface area contributed by atoms with Gasteiger partial charge < -0.3 is 5.73 Å². The maximum absolute atomic E-state index is 11.9. The first-order valence-electron chi connectivity index (χ1n) is 6.87. The molecule has 0 saturated carbocycles. The lowest BCUT2D eigenvalue weighted by atomic mass is 10.1. The Hall–Kier alpha value is -2.41. The minimum Gasteiger partial charge on any atom is -0.328 e. The fourth-order valence-electron chi connectivity index (χ4n) is 2.49. The quantitative estimate of drug-likeness (QED) is 0.867. The highest BCUT2D eigenvalue weighted by atomic mass is 16.2. The Morgan fingerprint density at radius 3 is 3.00 bits per heavy atom. The zero-order valence-electron chi connectivity index (χ0n) is 11.7. The Morgan fingerprint density at radius 1 is 1.48 bits per heavy atom. The van der Waals surface area contributed by atoms with Crippen molar-refractivity contribution in [2.45, 2.75) is 25.8 Å². The number of nitrogens with two attached hydrogens (primary N) is 1. The molecule has 1 saturated heterocycles. The molecule has 3 N–H and O–H groups in total. The fraction of sp³-hybridized carbons (Fsp3) is 0.357. The van der Waals surface area contributed by atoms with Crippen LogP contribution in [0.25, 0.3) is 5.65 Å². The van der Waals surface area contributed by atoms with Crippen LogP contribution in [0.2, 0.25) is 0 Å². The smallest absolute Gasteiger partial charge is 0.328 e. The van der Waals surface area contributed by atoms with Gasteiger partial charge in [0.15, 0.2) is 0 Å². The van der Waals surface area contributed by atoms with Gasteiger partial charge in [-0.2, -0.15) is 0 Å². The van der Waals surface area contributed by atoms with Crippen molar-refractivity contribution in [3.8, 4) is 0 Å². The average molecular weight is 287 g/mol. The second-order valence-electron chi connectivity index (χ2n) is 5.32. The highest BCUT2D eigenvalue weighted by molar-refractivity contribution is 6.05. The van der Waals surface area contributed by atoms with E-state index in [1.165, 1.54) is 4.90 Å². The molecule has 1 aliphatic rings. The predicted octanol–water partition coefficient (Wildman–Crippen LogP) is 0.670. The lowest BCUT2D eigenvalue weighted by molar-refractivity contribution is -0.120. The van der Waals surface area contributed by atoms with E-state index in [4.69, 9.17) is 5.73 Å². The fourth-order valence-corrected chi connectivity index (χ4v) is 2.49. The first-order chi connectivity index (χ1) is 10.0. The number of aromatic nitrogens is 2. The van der Waals surface area contributed by atoms with Crippen LogP contribution in [0.1, 0.15) is 18.9 Å². The molecule has 3 rings (SSSR count). The third-order valence-corrected chi connectivity index (χ3v) is 3.45. The Kier molecular flexibility index (Phi) is 3.34.